The van der Waals surface area contributed by atoms with Crippen molar-refractivity contribution in [2.45, 2.75) is 9.79 Å². The van der Waals surface area contributed by atoms with Crippen molar-refractivity contribution in [1.82, 2.24) is 0 Å². The molecule has 1 N–H and O–H groups in total. The minimum Gasteiger partial charge on any atom is -0.606 e. The molecule has 3 heterocycles. The summed E-state index contributed by atoms with van der Waals surface area (Å²) < 4.78 is 69.0. The number of carboxylic acid groups (broad SMARTS) is 1. The lowest BCUT2D eigenvalue weighted by Crippen LogP contribution is -2.39. The Kier molecular flexibility index (Phi) is 5.36. The Morgan fingerprint density at radius 3 is 2.27 bits per heavy atom. The van der Waals surface area contributed by atoms with E-state index in [1.54, 1.807) is 6.07 Å². The molecule has 0 fully saturated rings. The van der Waals surface area contributed by atoms with Crippen LogP contribution in [-0.4, -0.2) is 44.7 Å². The van der Waals surface area contributed by atoms with Gasteiger partial charge in [-0.05, 0) is 42.5 Å². The highest BCUT2D eigenvalue weighted by Gasteiger charge is 2.47. The first-order valence-electron chi connectivity index (χ1n) is 10.7. The van der Waals surface area contributed by atoms with Gasteiger partial charge in [0, 0.05) is 23.3 Å². The maximum atomic E-state index is 14.0. The van der Waals surface area contributed by atoms with Crippen molar-refractivity contribution in [3.8, 4) is 28.7 Å². The number of rotatable bonds is 5. The fraction of sp³-hybridized carbons (Fsp3) is 0.125. The lowest BCUT2D eigenvalue weighted by atomic mass is 10.1. The van der Waals surface area contributed by atoms with E-state index in [2.05, 4.69) is 0 Å². The van der Waals surface area contributed by atoms with Crippen LogP contribution in [-0.2, 0) is 26.0 Å². The number of methoxy groups -OCH3 is 1. The predicted octanol–water partition coefficient (Wildman–Crippen LogP) is 2.92. The minimum atomic E-state index is -4.47. The Morgan fingerprint density at radius 2 is 1.59 bits per heavy atom. The van der Waals surface area contributed by atoms with Crippen molar-refractivity contribution >= 4 is 37.8 Å². The maximum absolute atomic E-state index is 14.0. The molecule has 3 aliphatic heterocycles. The Balaban J connectivity index is 1.63. The fourth-order valence-electron chi connectivity index (χ4n) is 4.24. The Hall–Kier alpha value is -4.07. The number of carbonyl (C=O) groups is 1. The summed E-state index contributed by atoms with van der Waals surface area (Å²) in [5.41, 5.74) is -0.774. The van der Waals surface area contributed by atoms with Crippen LogP contribution in [0.1, 0.15) is 5.56 Å². The van der Waals surface area contributed by atoms with E-state index in [1.165, 1.54) is 55.6 Å². The maximum Gasteiger partial charge on any atom is 0.358 e. The van der Waals surface area contributed by atoms with Crippen LogP contribution in [0.4, 0.5) is 5.69 Å². The highest BCUT2D eigenvalue weighted by molar-refractivity contribution is 8.01. The zero-order valence-electron chi connectivity index (χ0n) is 19.0. The molecule has 3 aromatic carbocycles. The molecule has 0 amide bonds. The molecule has 11 nitrogen and oxygen atoms in total. The van der Waals surface area contributed by atoms with Gasteiger partial charge in [-0.3, -0.25) is 0 Å². The summed E-state index contributed by atoms with van der Waals surface area (Å²) in [6.07, 6.45) is 0. The van der Waals surface area contributed by atoms with Gasteiger partial charge in [-0.1, -0.05) is 0 Å². The highest BCUT2D eigenvalue weighted by atomic mass is 32.2. The molecule has 3 aliphatic rings. The zero-order valence-corrected chi connectivity index (χ0v) is 20.6. The SMILES string of the molecule is COc1ccc2c(c1)C([S+]([O-])c1ccc3c(c1)OCO3)=C(C(=O)O)N(c1ccc3c(c1)OCO3)S2(=O)=O. The zero-order chi connectivity index (χ0) is 25.9. The van der Waals surface area contributed by atoms with E-state index in [-0.39, 0.29) is 51.0 Å². The average molecular weight is 544 g/mol. The van der Waals surface area contributed by atoms with Crippen molar-refractivity contribution in [3.05, 3.63) is 65.9 Å². The molecule has 0 aromatic heterocycles. The number of anilines is 1. The van der Waals surface area contributed by atoms with E-state index in [4.69, 9.17) is 23.7 Å². The molecule has 190 valence electrons. The monoisotopic (exact) mass is 543 g/mol. The van der Waals surface area contributed by atoms with Gasteiger partial charge >= 0.3 is 5.97 Å². The van der Waals surface area contributed by atoms with Crippen LogP contribution >= 0.6 is 0 Å². The van der Waals surface area contributed by atoms with Crippen molar-refractivity contribution in [2.24, 2.45) is 0 Å². The first kappa shape index (κ1) is 23.3. The molecule has 37 heavy (non-hydrogen) atoms. The summed E-state index contributed by atoms with van der Waals surface area (Å²) in [6, 6.07) is 12.8. The van der Waals surface area contributed by atoms with Crippen LogP contribution < -0.4 is 28.0 Å². The second-order valence-electron chi connectivity index (χ2n) is 7.94. The van der Waals surface area contributed by atoms with E-state index < -0.39 is 32.9 Å². The molecule has 0 spiro atoms. The van der Waals surface area contributed by atoms with Gasteiger partial charge in [0.15, 0.2) is 38.5 Å². The van der Waals surface area contributed by atoms with Crippen LogP contribution in [0.25, 0.3) is 4.91 Å². The summed E-state index contributed by atoms with van der Waals surface area (Å²) >= 11 is -2.17. The summed E-state index contributed by atoms with van der Waals surface area (Å²) in [5.74, 6) is 0.0765. The largest absolute Gasteiger partial charge is 0.606 e. The number of sulfonamides is 1. The molecule has 3 aromatic rings. The molecule has 1 atom stereocenters. The molecule has 0 saturated carbocycles. The summed E-state index contributed by atoms with van der Waals surface area (Å²) in [5, 5.41) is 10.3. The number of benzene rings is 3. The van der Waals surface area contributed by atoms with Crippen molar-refractivity contribution in [3.63, 3.8) is 0 Å². The molecular formula is C24H17NO10S2. The number of hydrogen-bond acceptors (Lipinski definition) is 9. The van der Waals surface area contributed by atoms with E-state index in [0.29, 0.717) is 21.6 Å². The average Bonchev–Trinajstić information content (AvgIpc) is 3.56. The number of ether oxygens (including phenoxy) is 5. The first-order valence-corrected chi connectivity index (χ1v) is 13.3. The van der Waals surface area contributed by atoms with Crippen LogP contribution in [0, 0.1) is 0 Å². The fourth-order valence-corrected chi connectivity index (χ4v) is 7.40. The number of carboxylic acids is 1. The summed E-state index contributed by atoms with van der Waals surface area (Å²) in [6.45, 7) is -0.0696. The van der Waals surface area contributed by atoms with Crippen LogP contribution in [0.5, 0.6) is 28.7 Å². The Morgan fingerprint density at radius 1 is 0.946 bits per heavy atom. The standard InChI is InChI=1S/C24H17NO10S2/c1-31-14-3-7-21-16(9-14)23(36(28)15-4-6-18-20(10-15)35-12-33-18)22(24(26)27)25(37(21,29)30)13-2-5-17-19(8-13)34-11-32-17/h2-10H,11-12H2,1H3,(H,26,27). The molecule has 0 bridgehead atoms. The second kappa shape index (κ2) is 8.50. The summed E-state index contributed by atoms with van der Waals surface area (Å²) in [4.78, 5) is 12.5. The van der Waals surface area contributed by atoms with Crippen LogP contribution in [0.3, 0.4) is 0 Å². The normalized spacial score (nSPS) is 17.4. The third-order valence-electron chi connectivity index (χ3n) is 5.90. The summed E-state index contributed by atoms with van der Waals surface area (Å²) in [7, 11) is -3.08. The predicted molar refractivity (Wildman–Crippen MR) is 129 cm³/mol. The van der Waals surface area contributed by atoms with Gasteiger partial charge in [-0.15, -0.1) is 0 Å². The first-order chi connectivity index (χ1) is 17.8. The molecular weight excluding hydrogens is 526 g/mol. The van der Waals surface area contributed by atoms with Crippen LogP contribution in [0.15, 0.2) is 70.1 Å². The van der Waals surface area contributed by atoms with Gasteiger partial charge in [0.2, 0.25) is 13.6 Å². The minimum absolute atomic E-state index is 0.00926. The van der Waals surface area contributed by atoms with Gasteiger partial charge in [0.05, 0.1) is 18.4 Å². The number of hydrogen-bond donors (Lipinski definition) is 1. The lowest BCUT2D eigenvalue weighted by molar-refractivity contribution is -0.132. The van der Waals surface area contributed by atoms with E-state index >= 15 is 0 Å². The van der Waals surface area contributed by atoms with Gasteiger partial charge in [-0.2, -0.15) is 0 Å². The molecule has 6 rings (SSSR count). The van der Waals surface area contributed by atoms with Gasteiger partial charge in [0.1, 0.15) is 10.6 Å². The van der Waals surface area contributed by atoms with Crippen molar-refractivity contribution in [2.75, 3.05) is 25.0 Å². The lowest BCUT2D eigenvalue weighted by Gasteiger charge is -2.32. The van der Waals surface area contributed by atoms with E-state index in [9.17, 15) is 22.9 Å². The van der Waals surface area contributed by atoms with E-state index in [1.807, 2.05) is 0 Å². The number of aliphatic carboxylic acids is 1. The molecule has 0 aliphatic carbocycles. The molecule has 13 heteroatoms. The number of nitrogens with zero attached hydrogens (tertiary/aromatic N) is 1. The second-order valence-corrected chi connectivity index (χ2v) is 11.1. The topological polar surface area (TPSA) is 144 Å². The highest BCUT2D eigenvalue weighted by Crippen LogP contribution is 2.47. The molecule has 1 unspecified atom stereocenters. The smallest absolute Gasteiger partial charge is 0.358 e. The van der Waals surface area contributed by atoms with Gasteiger partial charge in [-0.25, -0.2) is 17.5 Å². The van der Waals surface area contributed by atoms with Crippen molar-refractivity contribution in [1.29, 1.82) is 0 Å². The third kappa shape index (κ3) is 3.62. The van der Waals surface area contributed by atoms with Gasteiger partial charge in [0.25, 0.3) is 10.0 Å². The van der Waals surface area contributed by atoms with Gasteiger partial charge < -0.3 is 33.3 Å². The quantitative estimate of drug-likeness (QED) is 0.477. The Labute approximate surface area is 213 Å². The third-order valence-corrected chi connectivity index (χ3v) is 9.16. The van der Waals surface area contributed by atoms with Crippen LogP contribution in [0.2, 0.25) is 0 Å². The molecule has 0 saturated heterocycles. The Bertz CT molecular complexity index is 1600. The van der Waals surface area contributed by atoms with Crippen molar-refractivity contribution < 1.29 is 46.6 Å². The molecule has 0 radical (unpaired) electrons. The van der Waals surface area contributed by atoms with E-state index in [0.717, 1.165) is 0 Å². The number of fused-ring (bicyclic) bond motifs is 3.